The van der Waals surface area contributed by atoms with Crippen LogP contribution in [0.4, 0.5) is 5.69 Å². The Labute approximate surface area is 107 Å². The highest BCUT2D eigenvalue weighted by molar-refractivity contribution is 5.94. The molecule has 0 saturated carbocycles. The van der Waals surface area contributed by atoms with Crippen LogP contribution in [-0.4, -0.2) is 48.2 Å². The van der Waals surface area contributed by atoms with Crippen LogP contribution in [0.2, 0.25) is 0 Å². The summed E-state index contributed by atoms with van der Waals surface area (Å²) in [5, 5.41) is 9.26. The van der Waals surface area contributed by atoms with Gasteiger partial charge in [0.2, 0.25) is 0 Å². The van der Waals surface area contributed by atoms with E-state index in [2.05, 4.69) is 16.8 Å². The lowest BCUT2D eigenvalue weighted by Crippen LogP contribution is -2.52. The van der Waals surface area contributed by atoms with Crippen molar-refractivity contribution in [3.63, 3.8) is 0 Å². The number of nitrogens with zero attached hydrogens (tertiary/aromatic N) is 2. The Morgan fingerprint density at radius 3 is 2.44 bits per heavy atom. The second-order valence-corrected chi connectivity index (χ2v) is 5.28. The summed E-state index contributed by atoms with van der Waals surface area (Å²) in [5.41, 5.74) is 1.29. The molecule has 2 atom stereocenters. The Morgan fingerprint density at radius 1 is 1.22 bits per heavy atom. The summed E-state index contributed by atoms with van der Waals surface area (Å²) < 4.78 is 0. The standard InChI is InChI=1S/C14H18N2O2/c1-15-10-6-7-11(15)9-16(8-10)13-5-3-2-4-12(13)14(17)18/h2-5,10-11H,6-9H2,1H3,(H,17,18)/t10-,11+. The molecule has 96 valence electrons. The van der Waals surface area contributed by atoms with Crippen molar-refractivity contribution in [2.45, 2.75) is 24.9 Å². The maximum Gasteiger partial charge on any atom is 0.337 e. The first kappa shape index (κ1) is 11.5. The molecule has 0 aliphatic carbocycles. The molecule has 2 aliphatic rings. The van der Waals surface area contributed by atoms with Gasteiger partial charge in [-0.05, 0) is 32.0 Å². The third-order valence-corrected chi connectivity index (χ3v) is 4.32. The van der Waals surface area contributed by atoms with Crippen molar-refractivity contribution in [2.24, 2.45) is 0 Å². The lowest BCUT2D eigenvalue weighted by atomic mass is 10.1. The van der Waals surface area contributed by atoms with E-state index >= 15 is 0 Å². The first-order valence-corrected chi connectivity index (χ1v) is 6.46. The maximum atomic E-state index is 11.3. The first-order valence-electron chi connectivity index (χ1n) is 6.46. The summed E-state index contributed by atoms with van der Waals surface area (Å²) in [7, 11) is 2.18. The van der Waals surface area contributed by atoms with Crippen molar-refractivity contribution >= 4 is 11.7 Å². The Hall–Kier alpha value is -1.55. The van der Waals surface area contributed by atoms with Crippen LogP contribution in [0.5, 0.6) is 0 Å². The number of hydrogen-bond acceptors (Lipinski definition) is 3. The van der Waals surface area contributed by atoms with Gasteiger partial charge in [-0.15, -0.1) is 0 Å². The average molecular weight is 246 g/mol. The predicted octanol–water partition coefficient (Wildman–Crippen LogP) is 1.67. The van der Waals surface area contributed by atoms with E-state index in [0.29, 0.717) is 17.6 Å². The molecule has 2 heterocycles. The van der Waals surface area contributed by atoms with Gasteiger partial charge in [0, 0.05) is 25.2 Å². The van der Waals surface area contributed by atoms with E-state index in [0.717, 1.165) is 18.8 Å². The van der Waals surface area contributed by atoms with Gasteiger partial charge in [0.25, 0.3) is 0 Å². The molecule has 0 radical (unpaired) electrons. The van der Waals surface area contributed by atoms with Gasteiger partial charge in [-0.25, -0.2) is 4.79 Å². The highest BCUT2D eigenvalue weighted by Gasteiger charge is 2.38. The fourth-order valence-electron chi connectivity index (χ4n) is 3.24. The van der Waals surface area contributed by atoms with E-state index in [-0.39, 0.29) is 0 Å². The van der Waals surface area contributed by atoms with Crippen molar-refractivity contribution in [3.8, 4) is 0 Å². The van der Waals surface area contributed by atoms with Crippen LogP contribution in [-0.2, 0) is 0 Å². The summed E-state index contributed by atoms with van der Waals surface area (Å²) in [6, 6.07) is 8.47. The zero-order valence-corrected chi connectivity index (χ0v) is 10.5. The van der Waals surface area contributed by atoms with Gasteiger partial charge in [0.1, 0.15) is 0 Å². The number of piperazine rings is 1. The van der Waals surface area contributed by atoms with E-state index in [4.69, 9.17) is 0 Å². The fourth-order valence-corrected chi connectivity index (χ4v) is 3.24. The third kappa shape index (κ3) is 1.77. The number of rotatable bonds is 2. The van der Waals surface area contributed by atoms with Gasteiger partial charge in [0.15, 0.2) is 0 Å². The molecule has 1 aromatic carbocycles. The van der Waals surface area contributed by atoms with Crippen LogP contribution in [0.1, 0.15) is 23.2 Å². The molecule has 3 rings (SSSR count). The zero-order valence-electron chi connectivity index (χ0n) is 10.5. The topological polar surface area (TPSA) is 43.8 Å². The van der Waals surface area contributed by atoms with Crippen LogP contribution in [0.25, 0.3) is 0 Å². The Balaban J connectivity index is 1.90. The number of anilines is 1. The molecule has 1 aromatic rings. The molecular formula is C14H18N2O2. The van der Waals surface area contributed by atoms with E-state index in [9.17, 15) is 9.90 Å². The number of para-hydroxylation sites is 1. The molecule has 1 N–H and O–H groups in total. The SMILES string of the molecule is CN1[C@@H]2CC[C@H]1CN(c1ccccc1C(=O)O)C2. The smallest absolute Gasteiger partial charge is 0.337 e. The highest BCUT2D eigenvalue weighted by atomic mass is 16.4. The normalized spacial score (nSPS) is 27.5. The van der Waals surface area contributed by atoms with Gasteiger partial charge in [-0.2, -0.15) is 0 Å². The van der Waals surface area contributed by atoms with Crippen LogP contribution in [0.15, 0.2) is 24.3 Å². The lowest BCUT2D eigenvalue weighted by Gasteiger charge is -2.40. The van der Waals surface area contributed by atoms with Crippen molar-refractivity contribution in [1.29, 1.82) is 0 Å². The number of carboxylic acids is 1. The number of fused-ring (bicyclic) bond motifs is 2. The van der Waals surface area contributed by atoms with Crippen LogP contribution >= 0.6 is 0 Å². The molecular weight excluding hydrogens is 228 g/mol. The Morgan fingerprint density at radius 2 is 1.83 bits per heavy atom. The Bertz CT molecular complexity index is 461. The Kier molecular flexibility index (Phi) is 2.74. The van der Waals surface area contributed by atoms with Crippen molar-refractivity contribution in [2.75, 3.05) is 25.0 Å². The van der Waals surface area contributed by atoms with E-state index in [1.807, 2.05) is 12.1 Å². The third-order valence-electron chi connectivity index (χ3n) is 4.32. The molecule has 0 aromatic heterocycles. The van der Waals surface area contributed by atoms with Crippen molar-refractivity contribution in [1.82, 2.24) is 4.90 Å². The van der Waals surface area contributed by atoms with Gasteiger partial charge in [-0.1, -0.05) is 12.1 Å². The summed E-state index contributed by atoms with van der Waals surface area (Å²) in [6.07, 6.45) is 2.46. The molecule has 0 unspecified atom stereocenters. The maximum absolute atomic E-state index is 11.3. The molecule has 0 amide bonds. The fraction of sp³-hybridized carbons (Fsp3) is 0.500. The highest BCUT2D eigenvalue weighted by Crippen LogP contribution is 2.32. The quantitative estimate of drug-likeness (QED) is 0.862. The summed E-state index contributed by atoms with van der Waals surface area (Å²) in [4.78, 5) is 16.0. The number of carbonyl (C=O) groups is 1. The molecule has 2 aliphatic heterocycles. The molecule has 18 heavy (non-hydrogen) atoms. The average Bonchev–Trinajstić information content (AvgIpc) is 2.61. The van der Waals surface area contributed by atoms with E-state index in [1.54, 1.807) is 12.1 Å². The zero-order chi connectivity index (χ0) is 12.7. The van der Waals surface area contributed by atoms with Crippen molar-refractivity contribution in [3.05, 3.63) is 29.8 Å². The number of hydrogen-bond donors (Lipinski definition) is 1. The second kappa shape index (κ2) is 4.28. The van der Waals surface area contributed by atoms with E-state index < -0.39 is 5.97 Å². The number of benzene rings is 1. The predicted molar refractivity (Wildman–Crippen MR) is 70.2 cm³/mol. The first-order chi connectivity index (χ1) is 8.66. The van der Waals surface area contributed by atoms with Gasteiger partial charge in [-0.3, -0.25) is 4.90 Å². The van der Waals surface area contributed by atoms with Crippen LogP contribution < -0.4 is 4.90 Å². The van der Waals surface area contributed by atoms with E-state index in [1.165, 1.54) is 12.8 Å². The van der Waals surface area contributed by atoms with Crippen molar-refractivity contribution < 1.29 is 9.90 Å². The van der Waals surface area contributed by atoms with Gasteiger partial charge >= 0.3 is 5.97 Å². The van der Waals surface area contributed by atoms with Crippen LogP contribution in [0, 0.1) is 0 Å². The minimum absolute atomic E-state index is 0.418. The van der Waals surface area contributed by atoms with Crippen LogP contribution in [0.3, 0.4) is 0 Å². The summed E-state index contributed by atoms with van der Waals surface area (Å²) >= 11 is 0. The minimum atomic E-state index is -0.836. The summed E-state index contributed by atoms with van der Waals surface area (Å²) in [5.74, 6) is -0.836. The molecule has 2 bridgehead atoms. The molecule has 4 heteroatoms. The number of aromatic carboxylic acids is 1. The molecule has 2 fully saturated rings. The molecule has 4 nitrogen and oxygen atoms in total. The summed E-state index contributed by atoms with van der Waals surface area (Å²) in [6.45, 7) is 1.88. The van der Waals surface area contributed by atoms with Gasteiger partial charge < -0.3 is 10.0 Å². The lowest BCUT2D eigenvalue weighted by molar-refractivity contribution is 0.0697. The number of likely N-dealkylation sites (N-methyl/N-ethyl adjacent to an activating group) is 1. The number of carboxylic acid groups (broad SMARTS) is 1. The molecule has 2 saturated heterocycles. The minimum Gasteiger partial charge on any atom is -0.478 e. The monoisotopic (exact) mass is 246 g/mol. The van der Waals surface area contributed by atoms with Gasteiger partial charge in [0.05, 0.1) is 11.3 Å². The largest absolute Gasteiger partial charge is 0.478 e. The molecule has 0 spiro atoms. The second-order valence-electron chi connectivity index (χ2n) is 5.28.